The van der Waals surface area contributed by atoms with Crippen LogP contribution in [-0.2, 0) is 11.3 Å². The van der Waals surface area contributed by atoms with Gasteiger partial charge in [0.2, 0.25) is 17.8 Å². The summed E-state index contributed by atoms with van der Waals surface area (Å²) in [5.74, 6) is 0.153. The van der Waals surface area contributed by atoms with Gasteiger partial charge in [-0.1, -0.05) is 17.3 Å². The smallest absolute Gasteiger partial charge is 0.248 e. The first-order chi connectivity index (χ1) is 15.6. The van der Waals surface area contributed by atoms with Gasteiger partial charge < -0.3 is 16.4 Å². The molecular weight excluding hydrogens is 408 g/mol. The van der Waals surface area contributed by atoms with Gasteiger partial charge in [0.15, 0.2) is 11.2 Å². The zero-order chi connectivity index (χ0) is 22.1. The minimum Gasteiger partial charge on any atom is -0.366 e. The van der Waals surface area contributed by atoms with Crippen molar-refractivity contribution in [2.45, 2.75) is 19.4 Å². The molecule has 0 bridgehead atoms. The molecule has 0 spiro atoms. The minimum atomic E-state index is -0.487. The van der Waals surface area contributed by atoms with Gasteiger partial charge >= 0.3 is 0 Å². The van der Waals surface area contributed by atoms with E-state index in [0.717, 1.165) is 24.1 Å². The number of nitrogens with two attached hydrogens (primary N) is 1. The van der Waals surface area contributed by atoms with Gasteiger partial charge in [-0.15, -0.1) is 5.10 Å². The van der Waals surface area contributed by atoms with Gasteiger partial charge in [-0.2, -0.15) is 9.67 Å². The first-order valence-corrected chi connectivity index (χ1v) is 10.2. The quantitative estimate of drug-likeness (QED) is 0.409. The topological polar surface area (TPSA) is 141 Å². The van der Waals surface area contributed by atoms with Crippen LogP contribution in [0.5, 0.6) is 0 Å². The summed E-state index contributed by atoms with van der Waals surface area (Å²) >= 11 is 0. The molecule has 32 heavy (non-hydrogen) atoms. The zero-order valence-electron chi connectivity index (χ0n) is 17.0. The molecule has 0 saturated heterocycles. The number of benzene rings is 2. The third-order valence-corrected chi connectivity index (χ3v) is 5.19. The van der Waals surface area contributed by atoms with E-state index in [4.69, 9.17) is 5.73 Å². The summed E-state index contributed by atoms with van der Waals surface area (Å²) in [6.07, 6.45) is 3.54. The Morgan fingerprint density at radius 2 is 1.94 bits per heavy atom. The number of fused-ring (bicyclic) bond motifs is 1. The molecule has 160 valence electrons. The van der Waals surface area contributed by atoms with Crippen molar-refractivity contribution in [3.05, 3.63) is 65.9 Å². The highest BCUT2D eigenvalue weighted by atomic mass is 16.2. The maximum absolute atomic E-state index is 11.9. The first-order valence-electron chi connectivity index (χ1n) is 10.2. The first kappa shape index (κ1) is 19.6. The van der Waals surface area contributed by atoms with E-state index in [1.54, 1.807) is 35.1 Å². The summed E-state index contributed by atoms with van der Waals surface area (Å²) in [6, 6.07) is 14.4. The van der Waals surface area contributed by atoms with Crippen LogP contribution in [-0.4, -0.2) is 36.8 Å². The summed E-state index contributed by atoms with van der Waals surface area (Å²) in [5, 5.41) is 14.4. The average Bonchev–Trinajstić information content (AvgIpc) is 3.58. The third kappa shape index (κ3) is 4.10. The third-order valence-electron chi connectivity index (χ3n) is 5.19. The van der Waals surface area contributed by atoms with Crippen molar-refractivity contribution in [1.29, 1.82) is 0 Å². The van der Waals surface area contributed by atoms with Crippen LogP contribution in [0.15, 0.2) is 54.7 Å². The van der Waals surface area contributed by atoms with Crippen molar-refractivity contribution < 1.29 is 9.59 Å². The maximum Gasteiger partial charge on any atom is 0.248 e. The van der Waals surface area contributed by atoms with Crippen molar-refractivity contribution in [2.75, 3.05) is 5.32 Å². The minimum absolute atomic E-state index is 0.105. The molecular formula is C22H20N8O2. The Kier molecular flexibility index (Phi) is 4.94. The van der Waals surface area contributed by atoms with E-state index in [2.05, 4.69) is 30.9 Å². The van der Waals surface area contributed by atoms with Gasteiger partial charge in [0.25, 0.3) is 0 Å². The number of rotatable bonds is 7. The van der Waals surface area contributed by atoms with Crippen molar-refractivity contribution in [2.24, 2.45) is 11.7 Å². The Morgan fingerprint density at radius 3 is 2.69 bits per heavy atom. The molecule has 2 heterocycles. The number of carbonyl (C=O) groups excluding carboxylic acids is 2. The fourth-order valence-electron chi connectivity index (χ4n) is 3.29. The van der Waals surface area contributed by atoms with Crippen LogP contribution in [0.3, 0.4) is 0 Å². The molecule has 10 heteroatoms. The van der Waals surface area contributed by atoms with Crippen LogP contribution in [0.1, 0.15) is 28.8 Å². The van der Waals surface area contributed by atoms with Gasteiger partial charge in [0.05, 0.1) is 11.9 Å². The van der Waals surface area contributed by atoms with E-state index in [0.29, 0.717) is 34.9 Å². The maximum atomic E-state index is 11.9. The van der Waals surface area contributed by atoms with Gasteiger partial charge in [-0.25, -0.2) is 4.98 Å². The predicted octanol–water partition coefficient (Wildman–Crippen LogP) is 2.08. The molecule has 2 aromatic carbocycles. The van der Waals surface area contributed by atoms with Crippen molar-refractivity contribution in [3.63, 3.8) is 0 Å². The molecule has 10 nitrogen and oxygen atoms in total. The second-order valence-electron chi connectivity index (χ2n) is 7.63. The van der Waals surface area contributed by atoms with Crippen LogP contribution in [0.4, 0.5) is 11.6 Å². The lowest BCUT2D eigenvalue weighted by Crippen LogP contribution is -2.24. The molecule has 0 radical (unpaired) electrons. The summed E-state index contributed by atoms with van der Waals surface area (Å²) in [6.45, 7) is 0.457. The second kappa shape index (κ2) is 8.06. The van der Waals surface area contributed by atoms with Crippen LogP contribution in [0.2, 0.25) is 0 Å². The Bertz CT molecular complexity index is 1310. The summed E-state index contributed by atoms with van der Waals surface area (Å²) in [7, 11) is 0. The lowest BCUT2D eigenvalue weighted by atomic mass is 10.2. The number of hydrogen-bond donors (Lipinski definition) is 3. The van der Waals surface area contributed by atoms with Gasteiger partial charge in [0.1, 0.15) is 0 Å². The van der Waals surface area contributed by atoms with Crippen molar-refractivity contribution >= 4 is 34.6 Å². The van der Waals surface area contributed by atoms with E-state index < -0.39 is 5.91 Å². The molecule has 4 aromatic rings. The zero-order valence-corrected chi connectivity index (χ0v) is 17.0. The van der Waals surface area contributed by atoms with Crippen LogP contribution < -0.4 is 16.4 Å². The van der Waals surface area contributed by atoms with E-state index in [-0.39, 0.29) is 11.8 Å². The molecule has 1 saturated carbocycles. The molecule has 5 rings (SSSR count). The highest BCUT2D eigenvalue weighted by Gasteiger charge is 2.29. The molecule has 4 N–H and O–H groups in total. The van der Waals surface area contributed by atoms with Crippen molar-refractivity contribution in [1.82, 2.24) is 30.3 Å². The number of hydrogen-bond acceptors (Lipinski definition) is 7. The molecule has 0 aliphatic heterocycles. The van der Waals surface area contributed by atoms with Gasteiger partial charge in [-0.3, -0.25) is 9.59 Å². The van der Waals surface area contributed by atoms with Crippen LogP contribution in [0, 0.1) is 5.92 Å². The molecule has 0 unspecified atom stereocenters. The average molecular weight is 428 g/mol. The largest absolute Gasteiger partial charge is 0.366 e. The predicted molar refractivity (Wildman–Crippen MR) is 117 cm³/mol. The van der Waals surface area contributed by atoms with E-state index in [1.807, 2.05) is 24.3 Å². The number of nitrogens with zero attached hydrogens (tertiary/aromatic N) is 5. The van der Waals surface area contributed by atoms with Crippen LogP contribution >= 0.6 is 0 Å². The molecule has 0 atom stereocenters. The Balaban J connectivity index is 1.38. The standard InChI is InChI=1S/C22H20N8O2/c23-19(31)14-6-8-16(9-7-14)26-22-25-12-18-20(27-22)30(29-28-18)17-3-1-2-13(10-17)11-24-21(32)15-4-5-15/h1-3,6-10,12,15H,4-5,11H2,(H2,23,31)(H,24,32)(H,25,26,27). The van der Waals surface area contributed by atoms with E-state index in [1.165, 1.54) is 0 Å². The van der Waals surface area contributed by atoms with Crippen molar-refractivity contribution in [3.8, 4) is 5.69 Å². The summed E-state index contributed by atoms with van der Waals surface area (Å²) < 4.78 is 1.63. The highest BCUT2D eigenvalue weighted by molar-refractivity contribution is 5.93. The molecule has 1 aliphatic carbocycles. The number of nitrogens with one attached hydrogen (secondary N) is 2. The van der Waals surface area contributed by atoms with Crippen LogP contribution in [0.25, 0.3) is 16.9 Å². The molecule has 2 amide bonds. The molecule has 1 aliphatic rings. The van der Waals surface area contributed by atoms with Gasteiger partial charge in [0, 0.05) is 23.7 Å². The molecule has 1 fully saturated rings. The van der Waals surface area contributed by atoms with E-state index >= 15 is 0 Å². The summed E-state index contributed by atoms with van der Waals surface area (Å²) in [4.78, 5) is 32.0. The number of aromatic nitrogens is 5. The number of primary amides is 1. The summed E-state index contributed by atoms with van der Waals surface area (Å²) in [5.41, 5.74) is 9.23. The lowest BCUT2D eigenvalue weighted by molar-refractivity contribution is -0.122. The highest BCUT2D eigenvalue weighted by Crippen LogP contribution is 2.28. The Labute approximate surface area is 182 Å². The molecule has 2 aromatic heterocycles. The monoisotopic (exact) mass is 428 g/mol. The van der Waals surface area contributed by atoms with E-state index in [9.17, 15) is 9.59 Å². The fourth-order valence-corrected chi connectivity index (χ4v) is 3.29. The lowest BCUT2D eigenvalue weighted by Gasteiger charge is -2.08. The number of anilines is 2. The Hall–Kier alpha value is -4.34. The number of carbonyl (C=O) groups is 2. The fraction of sp³-hybridized carbons (Fsp3) is 0.182. The SMILES string of the molecule is NC(=O)c1ccc(Nc2ncc3nnn(-c4cccc(CNC(=O)C5CC5)c4)c3n2)cc1. The van der Waals surface area contributed by atoms with Gasteiger partial charge in [-0.05, 0) is 54.8 Å². The normalized spacial score (nSPS) is 13.1. The second-order valence-corrected chi connectivity index (χ2v) is 7.63. The Morgan fingerprint density at radius 1 is 1.12 bits per heavy atom. The number of amides is 2.